The fourth-order valence-corrected chi connectivity index (χ4v) is 5.52. The van der Waals surface area contributed by atoms with Crippen molar-refractivity contribution in [1.82, 2.24) is 10.6 Å². The molecule has 0 saturated carbocycles. The fourth-order valence-electron chi connectivity index (χ4n) is 5.52. The zero-order valence-electron chi connectivity index (χ0n) is 40.4. The summed E-state index contributed by atoms with van der Waals surface area (Å²) in [4.78, 5) is 22.0. The van der Waals surface area contributed by atoms with Gasteiger partial charge in [-0.1, -0.05) is 159 Å². The minimum absolute atomic E-state index is 0. The van der Waals surface area contributed by atoms with E-state index in [2.05, 4.69) is 143 Å². The number of rotatable bonds is 14. The van der Waals surface area contributed by atoms with Crippen LogP contribution in [0.5, 0.6) is 0 Å². The summed E-state index contributed by atoms with van der Waals surface area (Å²) in [5.74, 6) is -0.513. The van der Waals surface area contributed by atoms with Crippen molar-refractivity contribution in [3.63, 3.8) is 0 Å². The molecule has 6 rings (SSSR count). The third kappa shape index (κ3) is 35.6. The molecule has 68 heavy (non-hydrogen) atoms. The number of halogens is 5. The van der Waals surface area contributed by atoms with Gasteiger partial charge in [-0.15, -0.1) is 0 Å². The number of carbonyl (C=O) groups excluding carboxylic acids is 2. The van der Waals surface area contributed by atoms with Crippen molar-refractivity contribution < 1.29 is 66.7 Å². The summed E-state index contributed by atoms with van der Waals surface area (Å²) >= 11 is 1.13. The molecule has 0 aliphatic carbocycles. The molecule has 0 radical (unpaired) electrons. The third-order valence-corrected chi connectivity index (χ3v) is 8.26. The van der Waals surface area contributed by atoms with Crippen molar-refractivity contribution in [1.29, 1.82) is 0 Å². The summed E-state index contributed by atoms with van der Waals surface area (Å²) in [6.07, 6.45) is 2.35. The molecule has 0 amide bonds. The Balaban J connectivity index is -0.000000245. The number of benzene rings is 6. The quantitative estimate of drug-likeness (QED) is 0.0490. The molecule has 0 saturated heterocycles. The number of hydrogen-bond acceptors (Lipinski definition) is 6. The maximum absolute atomic E-state index is 11.0. The molecule has 0 heterocycles. The second kappa shape index (κ2) is 53.8. The summed E-state index contributed by atoms with van der Waals surface area (Å²) in [7, 11) is 24.0. The van der Waals surface area contributed by atoms with E-state index in [0.29, 0.717) is 24.3 Å². The molecule has 0 aliphatic rings. The van der Waals surface area contributed by atoms with Gasteiger partial charge in [0.15, 0.2) is 0 Å². The Morgan fingerprint density at radius 3 is 0.956 bits per heavy atom. The molecule has 0 aromatic heterocycles. The Morgan fingerprint density at radius 2 is 0.691 bits per heavy atom. The molecular formula is C54H70Cl5N2O4Ru3-. The Kier molecular flexibility index (Phi) is 58.9. The predicted octanol–water partition coefficient (Wildman–Crippen LogP) is 16.7. The van der Waals surface area contributed by atoms with E-state index in [9.17, 15) is 9.59 Å². The maximum atomic E-state index is 11.0. The molecule has 0 unspecified atom stereocenters. The fraction of sp³-hybridized carbons (Fsp3) is 0.222. The summed E-state index contributed by atoms with van der Waals surface area (Å²) in [6.45, 7) is 12.8. The zero-order chi connectivity index (χ0) is 47.5. The first-order chi connectivity index (χ1) is 31.3. The van der Waals surface area contributed by atoms with Gasteiger partial charge in [0.2, 0.25) is 0 Å². The van der Waals surface area contributed by atoms with Crippen LogP contribution in [0, 0.1) is 29.7 Å². The van der Waals surface area contributed by atoms with E-state index >= 15 is 0 Å². The topological polar surface area (TPSA) is 76.7 Å². The van der Waals surface area contributed by atoms with Gasteiger partial charge in [-0.2, -0.15) is 0 Å². The van der Waals surface area contributed by atoms with E-state index in [1.54, 1.807) is 38.1 Å². The van der Waals surface area contributed by atoms with Gasteiger partial charge in [0.25, 0.3) is 0 Å². The van der Waals surface area contributed by atoms with E-state index in [0.717, 1.165) is 26.2 Å². The predicted molar refractivity (Wildman–Crippen MR) is 287 cm³/mol. The normalized spacial score (nSPS) is 8.90. The second-order valence-corrected chi connectivity index (χ2v) is 18.0. The van der Waals surface area contributed by atoms with Gasteiger partial charge in [-0.25, -0.2) is 9.59 Å². The first-order valence-corrected chi connectivity index (χ1v) is 31.5. The number of esters is 2. The van der Waals surface area contributed by atoms with Crippen molar-refractivity contribution in [3.8, 4) is 22.3 Å². The van der Waals surface area contributed by atoms with Gasteiger partial charge in [0.1, 0.15) is 0 Å². The molecule has 0 spiro atoms. The first kappa shape index (κ1) is 74.4. The third-order valence-electron chi connectivity index (χ3n) is 8.26. The van der Waals surface area contributed by atoms with E-state index in [4.69, 9.17) is 48.2 Å². The van der Waals surface area contributed by atoms with Crippen molar-refractivity contribution in [3.05, 3.63) is 222 Å². The van der Waals surface area contributed by atoms with Crippen LogP contribution in [0.1, 0.15) is 72.4 Å². The van der Waals surface area contributed by atoms with Crippen LogP contribution in [-0.2, 0) is 70.2 Å². The van der Waals surface area contributed by atoms with Crippen LogP contribution in [0.3, 0.4) is 0 Å². The minimum atomic E-state index is -0.346. The van der Waals surface area contributed by atoms with Gasteiger partial charge in [0, 0.05) is 13.1 Å². The molecule has 6 aromatic rings. The van der Waals surface area contributed by atoms with Crippen LogP contribution in [0.15, 0.2) is 170 Å². The molecule has 14 heteroatoms. The van der Waals surface area contributed by atoms with E-state index in [1.807, 2.05) is 53.7 Å². The summed E-state index contributed by atoms with van der Waals surface area (Å²) in [5.41, 5.74) is 9.19. The SMILES string of the molecule is CCCNCc1ccccc1-c1ccccc1.CCCNCc1ccccc1-c1ccccc1.CCOC(=O)c1ccccc1.CCOC(=O)c1ccccc1.[CH3-].[CH3-].[CH3-].[CH3-].[Cl][Ru+3].[Cl][Ru][Cl].[Cl][Ru][Cl]. The van der Waals surface area contributed by atoms with E-state index in [-0.39, 0.29) is 71.9 Å². The van der Waals surface area contributed by atoms with Gasteiger partial charge >= 0.3 is 108 Å². The van der Waals surface area contributed by atoms with Crippen molar-refractivity contribution >= 4 is 60.4 Å². The van der Waals surface area contributed by atoms with Crippen LogP contribution in [0.25, 0.3) is 22.3 Å². The number of carbonyl (C=O) groups is 2. The number of nitrogens with one attached hydrogen (secondary N) is 2. The molecule has 6 aromatic carbocycles. The molecular weight excluding hydrogens is 1220 g/mol. The molecule has 0 aliphatic heterocycles. The molecule has 6 nitrogen and oxygen atoms in total. The second-order valence-electron chi connectivity index (χ2n) is 12.7. The van der Waals surface area contributed by atoms with Gasteiger partial charge < -0.3 is 49.8 Å². The van der Waals surface area contributed by atoms with Crippen molar-refractivity contribution in [2.24, 2.45) is 0 Å². The van der Waals surface area contributed by atoms with Crippen molar-refractivity contribution in [2.45, 2.75) is 53.6 Å². The Bertz CT molecular complexity index is 1850. The number of ether oxygens (including phenoxy) is 2. The average Bonchev–Trinajstić information content (AvgIpc) is 3.35. The summed E-state index contributed by atoms with van der Waals surface area (Å²) < 4.78 is 9.58. The van der Waals surface area contributed by atoms with Gasteiger partial charge in [-0.3, -0.25) is 0 Å². The van der Waals surface area contributed by atoms with Crippen LogP contribution in [0.2, 0.25) is 0 Å². The molecule has 380 valence electrons. The Labute approximate surface area is 457 Å². The van der Waals surface area contributed by atoms with Crippen molar-refractivity contribution in [2.75, 3.05) is 26.3 Å². The molecule has 0 fully saturated rings. The first-order valence-electron chi connectivity index (χ1n) is 20.3. The van der Waals surface area contributed by atoms with Crippen LogP contribution in [0.4, 0.5) is 0 Å². The average molecular weight is 1290 g/mol. The standard InChI is InChI=1S/2C16H19N.2C9H10O2.4CH3.5ClH.3Ru/c2*1-2-12-17-13-15-10-6-7-11-16(15)14-8-4-3-5-9-14;2*1-2-11-9(10)8-6-4-3-5-7-8;;;;;;;;;;;;/h2*3-11,17H,2,12-13H2,1H3;2*3-7H,2H2,1H3;4*1H3;5*1H;;;/q;;;;4*-1;;;;;;2*+2;+4/p-5. The van der Waals surface area contributed by atoms with Crippen LogP contribution in [-0.4, -0.2) is 38.2 Å². The molecule has 0 bridgehead atoms. The monoisotopic (exact) mass is 1290 g/mol. The number of hydrogen-bond donors (Lipinski definition) is 2. The van der Waals surface area contributed by atoms with Crippen LogP contribution < -0.4 is 10.6 Å². The van der Waals surface area contributed by atoms with Gasteiger partial charge in [-0.05, 0) is 97.4 Å². The Hall–Kier alpha value is -2.50. The van der Waals surface area contributed by atoms with E-state index < -0.39 is 0 Å². The van der Waals surface area contributed by atoms with Gasteiger partial charge in [0.05, 0.1) is 24.3 Å². The Morgan fingerprint density at radius 1 is 0.441 bits per heavy atom. The van der Waals surface area contributed by atoms with E-state index in [1.165, 1.54) is 46.2 Å². The summed E-state index contributed by atoms with van der Waals surface area (Å²) in [6, 6.07) is 56.2. The molecule has 0 atom stereocenters. The molecule has 2 N–H and O–H groups in total. The summed E-state index contributed by atoms with van der Waals surface area (Å²) in [5, 5.41) is 6.92. The zero-order valence-corrected chi connectivity index (χ0v) is 49.4. The van der Waals surface area contributed by atoms with Crippen LogP contribution >= 0.6 is 48.5 Å².